The summed E-state index contributed by atoms with van der Waals surface area (Å²) in [5, 5.41) is 6.19. The summed E-state index contributed by atoms with van der Waals surface area (Å²) in [5.41, 5.74) is 3.21. The van der Waals surface area contributed by atoms with Gasteiger partial charge in [0.2, 0.25) is 0 Å². The van der Waals surface area contributed by atoms with E-state index in [-0.39, 0.29) is 5.91 Å². The molecule has 1 aliphatic rings. The van der Waals surface area contributed by atoms with Gasteiger partial charge in [-0.1, -0.05) is 19.1 Å². The van der Waals surface area contributed by atoms with Crippen molar-refractivity contribution in [1.29, 1.82) is 0 Å². The van der Waals surface area contributed by atoms with Crippen molar-refractivity contribution in [3.8, 4) is 0 Å². The maximum Gasteiger partial charge on any atom is 0.251 e. The molecule has 2 N–H and O–H groups in total. The molecule has 0 unspecified atom stereocenters. The van der Waals surface area contributed by atoms with Crippen LogP contribution in [0.25, 0.3) is 0 Å². The van der Waals surface area contributed by atoms with E-state index in [4.69, 9.17) is 0 Å². The monoisotopic (exact) mass is 218 g/mol. The Kier molecular flexibility index (Phi) is 3.57. The molecule has 0 aliphatic carbocycles. The highest BCUT2D eigenvalue weighted by molar-refractivity contribution is 5.96. The van der Waals surface area contributed by atoms with Crippen LogP contribution in [0.2, 0.25) is 0 Å². The van der Waals surface area contributed by atoms with Crippen molar-refractivity contribution in [2.45, 2.75) is 26.3 Å². The van der Waals surface area contributed by atoms with E-state index >= 15 is 0 Å². The minimum atomic E-state index is 0.0749. The largest absolute Gasteiger partial charge is 0.352 e. The van der Waals surface area contributed by atoms with Gasteiger partial charge < -0.3 is 10.6 Å². The molecule has 1 aliphatic heterocycles. The van der Waals surface area contributed by atoms with Crippen LogP contribution in [0.1, 0.15) is 34.8 Å². The van der Waals surface area contributed by atoms with Crippen molar-refractivity contribution in [2.75, 3.05) is 13.1 Å². The van der Waals surface area contributed by atoms with Gasteiger partial charge in [0.25, 0.3) is 5.91 Å². The van der Waals surface area contributed by atoms with E-state index in [9.17, 15) is 4.79 Å². The molecule has 1 aromatic rings. The third-order valence-electron chi connectivity index (χ3n) is 2.91. The van der Waals surface area contributed by atoms with Crippen molar-refractivity contribution in [3.05, 3.63) is 34.9 Å². The van der Waals surface area contributed by atoms with Crippen molar-refractivity contribution >= 4 is 5.91 Å². The van der Waals surface area contributed by atoms with Gasteiger partial charge in [-0.15, -0.1) is 0 Å². The van der Waals surface area contributed by atoms with Crippen LogP contribution in [0.3, 0.4) is 0 Å². The lowest BCUT2D eigenvalue weighted by Crippen LogP contribution is -2.23. The molecule has 0 bridgehead atoms. The lowest BCUT2D eigenvalue weighted by Gasteiger charge is -2.08. The highest BCUT2D eigenvalue weighted by atomic mass is 16.1. The highest BCUT2D eigenvalue weighted by Crippen LogP contribution is 2.16. The predicted octanol–water partition coefficient (Wildman–Crippen LogP) is 1.47. The van der Waals surface area contributed by atoms with Crippen molar-refractivity contribution in [1.82, 2.24) is 10.6 Å². The first-order valence-electron chi connectivity index (χ1n) is 5.92. The van der Waals surface area contributed by atoms with Gasteiger partial charge in [-0.25, -0.2) is 0 Å². The summed E-state index contributed by atoms with van der Waals surface area (Å²) < 4.78 is 0. The zero-order valence-corrected chi connectivity index (χ0v) is 9.68. The minimum absolute atomic E-state index is 0.0749. The van der Waals surface area contributed by atoms with Crippen molar-refractivity contribution in [3.63, 3.8) is 0 Å². The summed E-state index contributed by atoms with van der Waals surface area (Å²) >= 11 is 0. The Morgan fingerprint density at radius 3 is 3.12 bits per heavy atom. The van der Waals surface area contributed by atoms with Gasteiger partial charge in [0.15, 0.2) is 0 Å². The zero-order valence-electron chi connectivity index (χ0n) is 9.68. The number of fused-ring (bicyclic) bond motifs is 1. The first-order valence-corrected chi connectivity index (χ1v) is 5.92. The second kappa shape index (κ2) is 5.12. The third-order valence-corrected chi connectivity index (χ3v) is 2.91. The minimum Gasteiger partial charge on any atom is -0.352 e. The van der Waals surface area contributed by atoms with Gasteiger partial charge in [-0.3, -0.25) is 4.79 Å². The van der Waals surface area contributed by atoms with Crippen LogP contribution in [-0.4, -0.2) is 19.0 Å². The average Bonchev–Trinajstić information content (AvgIpc) is 2.49. The van der Waals surface area contributed by atoms with E-state index in [0.717, 1.165) is 38.0 Å². The fraction of sp³-hybridized carbons (Fsp3) is 0.462. The Bertz CT molecular complexity index is 388. The Balaban J connectivity index is 2.24. The Morgan fingerprint density at radius 2 is 2.31 bits per heavy atom. The molecule has 0 saturated heterocycles. The second-order valence-corrected chi connectivity index (χ2v) is 4.13. The third kappa shape index (κ3) is 2.42. The molecule has 0 radical (unpaired) electrons. The van der Waals surface area contributed by atoms with Crippen LogP contribution in [0, 0.1) is 0 Å². The molecule has 0 fully saturated rings. The summed E-state index contributed by atoms with van der Waals surface area (Å²) in [6.45, 7) is 4.65. The molecule has 0 saturated carbocycles. The second-order valence-electron chi connectivity index (χ2n) is 4.13. The maximum atomic E-state index is 11.8. The Morgan fingerprint density at radius 1 is 1.44 bits per heavy atom. The fourth-order valence-corrected chi connectivity index (χ4v) is 2.01. The Labute approximate surface area is 96.2 Å². The topological polar surface area (TPSA) is 41.1 Å². The molecule has 86 valence electrons. The number of amides is 1. The van der Waals surface area contributed by atoms with Crippen LogP contribution >= 0.6 is 0 Å². The lowest BCUT2D eigenvalue weighted by molar-refractivity contribution is 0.0956. The summed E-state index contributed by atoms with van der Waals surface area (Å²) in [7, 11) is 0. The van der Waals surface area contributed by atoms with Gasteiger partial charge in [-0.2, -0.15) is 0 Å². The van der Waals surface area contributed by atoms with Gasteiger partial charge in [0, 0.05) is 18.7 Å². The number of carbonyl (C=O) groups excluding carboxylic acids is 1. The van der Waals surface area contributed by atoms with Crippen molar-refractivity contribution < 1.29 is 4.79 Å². The summed E-state index contributed by atoms with van der Waals surface area (Å²) in [5.74, 6) is 0.0749. The summed E-state index contributed by atoms with van der Waals surface area (Å²) in [6, 6.07) is 6.21. The van der Waals surface area contributed by atoms with Crippen LogP contribution in [0.4, 0.5) is 0 Å². The van der Waals surface area contributed by atoms with E-state index in [2.05, 4.69) is 29.7 Å². The van der Waals surface area contributed by atoms with Gasteiger partial charge in [0.1, 0.15) is 0 Å². The predicted molar refractivity (Wildman–Crippen MR) is 64.5 cm³/mol. The molecule has 2 rings (SSSR count). The molecule has 3 heteroatoms. The number of benzene rings is 1. The number of aryl methyl sites for hydroxylation is 1. The van der Waals surface area contributed by atoms with Crippen LogP contribution in [0.5, 0.6) is 0 Å². The number of nitrogens with one attached hydrogen (secondary N) is 2. The summed E-state index contributed by atoms with van der Waals surface area (Å²) in [4.78, 5) is 11.8. The van der Waals surface area contributed by atoms with E-state index in [1.807, 2.05) is 6.07 Å². The van der Waals surface area contributed by atoms with Crippen LogP contribution in [0.15, 0.2) is 18.2 Å². The highest BCUT2D eigenvalue weighted by Gasteiger charge is 2.14. The lowest BCUT2D eigenvalue weighted by atomic mass is 10.0. The SMILES string of the molecule is CCNCc1ccc2c(c1)C(=O)NCCC2. The first kappa shape index (κ1) is 11.1. The molecule has 1 heterocycles. The molecule has 0 spiro atoms. The van der Waals surface area contributed by atoms with Crippen molar-refractivity contribution in [2.24, 2.45) is 0 Å². The van der Waals surface area contributed by atoms with E-state index in [1.54, 1.807) is 0 Å². The molecule has 1 aromatic carbocycles. The molecule has 0 atom stereocenters. The maximum absolute atomic E-state index is 11.8. The van der Waals surface area contributed by atoms with Crippen LogP contribution in [-0.2, 0) is 13.0 Å². The van der Waals surface area contributed by atoms with E-state index in [0.29, 0.717) is 0 Å². The first-order chi connectivity index (χ1) is 7.81. The molecule has 1 amide bonds. The van der Waals surface area contributed by atoms with Gasteiger partial charge >= 0.3 is 0 Å². The number of rotatable bonds is 3. The summed E-state index contributed by atoms with van der Waals surface area (Å²) in [6.07, 6.45) is 2.03. The quantitative estimate of drug-likeness (QED) is 0.806. The number of carbonyl (C=O) groups is 1. The average molecular weight is 218 g/mol. The standard InChI is InChI=1S/C13H18N2O/c1-2-14-9-10-5-6-11-4-3-7-15-13(16)12(11)8-10/h5-6,8,14H,2-4,7,9H2,1H3,(H,15,16). The Hall–Kier alpha value is -1.35. The number of hydrogen-bond acceptors (Lipinski definition) is 2. The molecule has 3 nitrogen and oxygen atoms in total. The normalized spacial score (nSPS) is 15.2. The molecular weight excluding hydrogens is 200 g/mol. The fourth-order valence-electron chi connectivity index (χ4n) is 2.01. The smallest absolute Gasteiger partial charge is 0.251 e. The zero-order chi connectivity index (χ0) is 11.4. The van der Waals surface area contributed by atoms with Gasteiger partial charge in [-0.05, 0) is 36.6 Å². The molecule has 16 heavy (non-hydrogen) atoms. The van der Waals surface area contributed by atoms with Crippen LogP contribution < -0.4 is 10.6 Å². The van der Waals surface area contributed by atoms with Gasteiger partial charge in [0.05, 0.1) is 0 Å². The molecule has 0 aromatic heterocycles. The molecular formula is C13H18N2O. The van der Waals surface area contributed by atoms with E-state index in [1.165, 1.54) is 11.1 Å². The number of hydrogen-bond donors (Lipinski definition) is 2. The van der Waals surface area contributed by atoms with E-state index < -0.39 is 0 Å².